The Hall–Kier alpha value is -1.86. The number of rotatable bonds is 5. The molecule has 4 heteroatoms. The van der Waals surface area contributed by atoms with Gasteiger partial charge in [-0.15, -0.1) is 0 Å². The van der Waals surface area contributed by atoms with Gasteiger partial charge < -0.3 is 10.2 Å². The Bertz CT molecular complexity index is 539. The Morgan fingerprint density at radius 2 is 1.90 bits per heavy atom. The average molecular weight is 285 g/mol. The highest BCUT2D eigenvalue weighted by Gasteiger charge is 2.41. The summed E-state index contributed by atoms with van der Waals surface area (Å²) in [5, 5.41) is 12.3. The lowest BCUT2D eigenvalue weighted by atomic mass is 9.87. The van der Waals surface area contributed by atoms with Gasteiger partial charge in [0.15, 0.2) is 0 Å². The minimum absolute atomic E-state index is 0.109. The minimum atomic E-state index is -0.795. The summed E-state index contributed by atoms with van der Waals surface area (Å²) in [6.07, 6.45) is 3.32. The zero-order valence-electron chi connectivity index (χ0n) is 12.9. The summed E-state index contributed by atoms with van der Waals surface area (Å²) in [4.78, 5) is 14.5. The van der Waals surface area contributed by atoms with Crippen LogP contribution in [0.2, 0.25) is 0 Å². The van der Waals surface area contributed by atoms with E-state index in [-0.39, 0.29) is 5.91 Å². The SMILES string of the molecule is CN(C)Cc1ccccc1CNC(=O)C1(C#N)CCCC1. The number of nitriles is 1. The number of nitrogens with one attached hydrogen (secondary N) is 1. The third-order valence-corrected chi connectivity index (χ3v) is 4.15. The number of carbonyl (C=O) groups is 1. The maximum atomic E-state index is 12.4. The van der Waals surface area contributed by atoms with Gasteiger partial charge in [0.05, 0.1) is 6.07 Å². The van der Waals surface area contributed by atoms with Crippen LogP contribution in [0.4, 0.5) is 0 Å². The van der Waals surface area contributed by atoms with Gasteiger partial charge in [-0.2, -0.15) is 5.26 Å². The van der Waals surface area contributed by atoms with Crippen LogP contribution in [0.25, 0.3) is 0 Å². The number of hydrogen-bond acceptors (Lipinski definition) is 3. The molecule has 1 aromatic rings. The van der Waals surface area contributed by atoms with Crippen molar-refractivity contribution in [2.45, 2.75) is 38.8 Å². The average Bonchev–Trinajstić information content (AvgIpc) is 2.95. The van der Waals surface area contributed by atoms with Crippen molar-refractivity contribution < 1.29 is 4.79 Å². The zero-order chi connectivity index (χ0) is 15.3. The number of benzene rings is 1. The molecule has 4 nitrogen and oxygen atoms in total. The van der Waals surface area contributed by atoms with E-state index in [9.17, 15) is 10.1 Å². The standard InChI is InChI=1S/C17H23N3O/c1-20(2)12-15-8-4-3-7-14(15)11-19-16(21)17(13-18)9-5-6-10-17/h3-4,7-8H,5-6,9-12H2,1-2H3,(H,19,21). The second kappa shape index (κ2) is 6.73. The summed E-state index contributed by atoms with van der Waals surface area (Å²) in [7, 11) is 4.05. The molecule has 1 fully saturated rings. The highest BCUT2D eigenvalue weighted by Crippen LogP contribution is 2.37. The molecule has 0 spiro atoms. The topological polar surface area (TPSA) is 56.1 Å². The van der Waals surface area contributed by atoms with Crippen molar-refractivity contribution in [2.75, 3.05) is 14.1 Å². The summed E-state index contributed by atoms with van der Waals surface area (Å²) in [5.74, 6) is -0.109. The molecule has 112 valence electrons. The Balaban J connectivity index is 2.03. The summed E-state index contributed by atoms with van der Waals surface area (Å²) in [5.41, 5.74) is 1.53. The van der Waals surface area contributed by atoms with E-state index in [4.69, 9.17) is 0 Å². The van der Waals surface area contributed by atoms with E-state index in [0.717, 1.165) is 24.9 Å². The number of hydrogen-bond donors (Lipinski definition) is 1. The van der Waals surface area contributed by atoms with Crippen LogP contribution in [0.15, 0.2) is 24.3 Å². The highest BCUT2D eigenvalue weighted by molar-refractivity contribution is 5.85. The van der Waals surface area contributed by atoms with Gasteiger partial charge in [-0.1, -0.05) is 37.1 Å². The van der Waals surface area contributed by atoms with E-state index >= 15 is 0 Å². The predicted octanol–water partition coefficient (Wildman–Crippen LogP) is 2.45. The van der Waals surface area contributed by atoms with Gasteiger partial charge in [-0.05, 0) is 38.1 Å². The van der Waals surface area contributed by atoms with Crippen LogP contribution >= 0.6 is 0 Å². The van der Waals surface area contributed by atoms with Gasteiger partial charge in [0.2, 0.25) is 5.91 Å². The lowest BCUT2D eigenvalue weighted by Crippen LogP contribution is -2.38. The van der Waals surface area contributed by atoms with E-state index in [0.29, 0.717) is 19.4 Å². The largest absolute Gasteiger partial charge is 0.351 e. The maximum absolute atomic E-state index is 12.4. The van der Waals surface area contributed by atoms with Crippen molar-refractivity contribution in [1.29, 1.82) is 5.26 Å². The molecule has 0 aromatic heterocycles. The van der Waals surface area contributed by atoms with E-state index in [1.807, 2.05) is 32.3 Å². The molecular weight excluding hydrogens is 262 g/mol. The van der Waals surface area contributed by atoms with Gasteiger partial charge in [-0.3, -0.25) is 4.79 Å². The molecular formula is C17H23N3O. The molecule has 1 saturated carbocycles. The monoisotopic (exact) mass is 285 g/mol. The van der Waals surface area contributed by atoms with Crippen molar-refractivity contribution in [3.63, 3.8) is 0 Å². The molecule has 1 aliphatic carbocycles. The third kappa shape index (κ3) is 3.62. The smallest absolute Gasteiger partial charge is 0.240 e. The fraction of sp³-hybridized carbons (Fsp3) is 0.529. The molecule has 1 aliphatic rings. The first-order chi connectivity index (χ1) is 10.1. The fourth-order valence-electron chi connectivity index (χ4n) is 2.94. The van der Waals surface area contributed by atoms with E-state index in [1.54, 1.807) is 0 Å². The molecule has 0 saturated heterocycles. The summed E-state index contributed by atoms with van der Waals surface area (Å²) >= 11 is 0. The molecule has 0 bridgehead atoms. The zero-order valence-corrected chi connectivity index (χ0v) is 12.9. The van der Waals surface area contributed by atoms with Gasteiger partial charge in [0, 0.05) is 13.1 Å². The minimum Gasteiger partial charge on any atom is -0.351 e. The lowest BCUT2D eigenvalue weighted by Gasteiger charge is -2.20. The Morgan fingerprint density at radius 3 is 2.48 bits per heavy atom. The number of amides is 1. The van der Waals surface area contributed by atoms with Gasteiger partial charge in [0.25, 0.3) is 0 Å². The maximum Gasteiger partial charge on any atom is 0.240 e. The van der Waals surface area contributed by atoms with E-state index < -0.39 is 5.41 Å². The summed E-state index contributed by atoms with van der Waals surface area (Å²) in [6, 6.07) is 10.3. The van der Waals surface area contributed by atoms with Crippen molar-refractivity contribution >= 4 is 5.91 Å². The van der Waals surface area contributed by atoms with Crippen LogP contribution in [-0.4, -0.2) is 24.9 Å². The fourth-order valence-corrected chi connectivity index (χ4v) is 2.94. The van der Waals surface area contributed by atoms with E-state index in [2.05, 4.69) is 22.4 Å². The Kier molecular flexibility index (Phi) is 4.98. The first-order valence-electron chi connectivity index (χ1n) is 7.48. The molecule has 2 rings (SSSR count). The summed E-state index contributed by atoms with van der Waals surface area (Å²) < 4.78 is 0. The second-order valence-electron chi connectivity index (χ2n) is 6.09. The molecule has 1 amide bonds. The van der Waals surface area contributed by atoms with Crippen molar-refractivity contribution in [3.8, 4) is 6.07 Å². The van der Waals surface area contributed by atoms with Crippen molar-refractivity contribution in [2.24, 2.45) is 5.41 Å². The molecule has 0 aliphatic heterocycles. The molecule has 0 radical (unpaired) electrons. The van der Waals surface area contributed by atoms with Crippen LogP contribution in [-0.2, 0) is 17.9 Å². The second-order valence-corrected chi connectivity index (χ2v) is 6.09. The van der Waals surface area contributed by atoms with Crippen LogP contribution in [0.5, 0.6) is 0 Å². The first kappa shape index (κ1) is 15.5. The summed E-state index contributed by atoms with van der Waals surface area (Å²) in [6.45, 7) is 1.34. The van der Waals surface area contributed by atoms with Gasteiger partial charge in [-0.25, -0.2) is 0 Å². The normalized spacial score (nSPS) is 16.7. The van der Waals surface area contributed by atoms with Crippen molar-refractivity contribution in [3.05, 3.63) is 35.4 Å². The quantitative estimate of drug-likeness (QED) is 0.904. The van der Waals surface area contributed by atoms with Gasteiger partial charge >= 0.3 is 0 Å². The van der Waals surface area contributed by atoms with Crippen LogP contribution < -0.4 is 5.32 Å². The van der Waals surface area contributed by atoms with Crippen LogP contribution in [0, 0.1) is 16.7 Å². The highest BCUT2D eigenvalue weighted by atomic mass is 16.2. The number of carbonyl (C=O) groups excluding carboxylic acids is 1. The molecule has 0 heterocycles. The van der Waals surface area contributed by atoms with E-state index in [1.165, 1.54) is 5.56 Å². The predicted molar refractivity (Wildman–Crippen MR) is 82.2 cm³/mol. The molecule has 21 heavy (non-hydrogen) atoms. The first-order valence-corrected chi connectivity index (χ1v) is 7.48. The van der Waals surface area contributed by atoms with Crippen LogP contribution in [0.1, 0.15) is 36.8 Å². The Labute approximate surface area is 126 Å². The molecule has 0 atom stereocenters. The third-order valence-electron chi connectivity index (χ3n) is 4.15. The van der Waals surface area contributed by atoms with Crippen LogP contribution in [0.3, 0.4) is 0 Å². The lowest BCUT2D eigenvalue weighted by molar-refractivity contribution is -0.128. The molecule has 1 aromatic carbocycles. The number of nitrogens with zero attached hydrogens (tertiary/aromatic N) is 2. The molecule has 0 unspecified atom stereocenters. The van der Waals surface area contributed by atoms with Gasteiger partial charge in [0.1, 0.15) is 5.41 Å². The van der Waals surface area contributed by atoms with Crippen molar-refractivity contribution in [1.82, 2.24) is 10.2 Å². The molecule has 1 N–H and O–H groups in total. The Morgan fingerprint density at radius 1 is 1.29 bits per heavy atom.